The molecule has 0 amide bonds. The second-order valence-corrected chi connectivity index (χ2v) is 6.34. The maximum absolute atomic E-state index is 11.6. The number of benzene rings is 4. The van der Waals surface area contributed by atoms with Crippen LogP contribution in [-0.4, -0.2) is 9.91 Å². The standard InChI is InChI=1S/C22H14N2O2/c25-24(26)20-13-4-7-14-6-3-9-15(21(14)20)16-10-5-12-19-22(16)17-8-1-2-11-18(17)23-19/h1-13,23H. The largest absolute Gasteiger partial charge is 0.354 e. The molecule has 1 heterocycles. The van der Waals surface area contributed by atoms with Crippen LogP contribution in [0.1, 0.15) is 0 Å². The quantitative estimate of drug-likeness (QED) is 0.315. The van der Waals surface area contributed by atoms with Gasteiger partial charge in [-0.2, -0.15) is 0 Å². The topological polar surface area (TPSA) is 58.9 Å². The molecule has 0 spiro atoms. The zero-order valence-corrected chi connectivity index (χ0v) is 13.8. The van der Waals surface area contributed by atoms with Gasteiger partial charge in [0.15, 0.2) is 0 Å². The lowest BCUT2D eigenvalue weighted by molar-refractivity contribution is -0.383. The summed E-state index contributed by atoms with van der Waals surface area (Å²) in [5.41, 5.74) is 4.10. The van der Waals surface area contributed by atoms with Crippen LogP contribution >= 0.6 is 0 Å². The first kappa shape index (κ1) is 14.7. The molecule has 0 aliphatic rings. The Balaban J connectivity index is 1.97. The summed E-state index contributed by atoms with van der Waals surface area (Å²) in [6.45, 7) is 0. The third-order valence-electron chi connectivity index (χ3n) is 4.90. The molecule has 0 radical (unpaired) electrons. The van der Waals surface area contributed by atoms with Gasteiger partial charge in [-0.3, -0.25) is 10.1 Å². The zero-order chi connectivity index (χ0) is 17.7. The number of nitro benzene ring substituents is 1. The number of rotatable bonds is 2. The van der Waals surface area contributed by atoms with E-state index < -0.39 is 0 Å². The average Bonchev–Trinajstić information content (AvgIpc) is 3.05. The number of H-pyrrole nitrogens is 1. The number of nitrogens with one attached hydrogen (secondary N) is 1. The Morgan fingerprint density at radius 2 is 1.35 bits per heavy atom. The molecule has 4 aromatic carbocycles. The van der Waals surface area contributed by atoms with E-state index >= 15 is 0 Å². The molecule has 4 nitrogen and oxygen atoms in total. The molecule has 124 valence electrons. The second kappa shape index (κ2) is 5.43. The van der Waals surface area contributed by atoms with Gasteiger partial charge >= 0.3 is 0 Å². The van der Waals surface area contributed by atoms with Crippen LogP contribution in [0.2, 0.25) is 0 Å². The Morgan fingerprint density at radius 3 is 2.15 bits per heavy atom. The van der Waals surface area contributed by atoms with Crippen molar-refractivity contribution in [1.82, 2.24) is 4.98 Å². The summed E-state index contributed by atoms with van der Waals surface area (Å²) in [7, 11) is 0. The first-order chi connectivity index (χ1) is 12.7. The van der Waals surface area contributed by atoms with Crippen molar-refractivity contribution in [1.29, 1.82) is 0 Å². The smallest absolute Gasteiger partial charge is 0.277 e. The summed E-state index contributed by atoms with van der Waals surface area (Å²) >= 11 is 0. The lowest BCUT2D eigenvalue weighted by Gasteiger charge is -2.09. The zero-order valence-electron chi connectivity index (χ0n) is 13.8. The fourth-order valence-corrected chi connectivity index (χ4v) is 3.82. The van der Waals surface area contributed by atoms with Crippen molar-refractivity contribution in [3.8, 4) is 11.1 Å². The molecule has 0 saturated carbocycles. The Kier molecular flexibility index (Phi) is 3.06. The molecule has 0 saturated heterocycles. The average molecular weight is 338 g/mol. The monoisotopic (exact) mass is 338 g/mol. The van der Waals surface area contributed by atoms with Crippen molar-refractivity contribution in [3.05, 3.63) is 89.0 Å². The minimum atomic E-state index is -0.304. The highest BCUT2D eigenvalue weighted by Gasteiger charge is 2.18. The molecule has 4 heteroatoms. The van der Waals surface area contributed by atoms with Crippen molar-refractivity contribution in [2.75, 3.05) is 0 Å². The molecule has 0 bridgehead atoms. The SMILES string of the molecule is O=[N+]([O-])c1cccc2cccc(-c3cccc4[nH]c5ccccc5c34)c12. The lowest BCUT2D eigenvalue weighted by Crippen LogP contribution is -1.91. The van der Waals surface area contributed by atoms with Gasteiger partial charge in [0.1, 0.15) is 0 Å². The summed E-state index contributed by atoms with van der Waals surface area (Å²) in [5, 5.41) is 15.4. The summed E-state index contributed by atoms with van der Waals surface area (Å²) < 4.78 is 0. The molecule has 0 fully saturated rings. The van der Waals surface area contributed by atoms with Gasteiger partial charge in [0.05, 0.1) is 10.3 Å². The molecule has 0 atom stereocenters. The van der Waals surface area contributed by atoms with Crippen LogP contribution in [0.4, 0.5) is 5.69 Å². The van der Waals surface area contributed by atoms with Crippen LogP contribution in [0.5, 0.6) is 0 Å². The van der Waals surface area contributed by atoms with Crippen molar-refractivity contribution in [2.45, 2.75) is 0 Å². The van der Waals surface area contributed by atoms with Crippen LogP contribution in [0.3, 0.4) is 0 Å². The van der Waals surface area contributed by atoms with E-state index in [4.69, 9.17) is 0 Å². The molecule has 5 rings (SSSR count). The predicted octanol–water partition coefficient (Wildman–Crippen LogP) is 6.05. The van der Waals surface area contributed by atoms with E-state index in [-0.39, 0.29) is 10.6 Å². The van der Waals surface area contributed by atoms with Crippen molar-refractivity contribution < 1.29 is 4.92 Å². The number of hydrogen-bond acceptors (Lipinski definition) is 2. The lowest BCUT2D eigenvalue weighted by atomic mass is 9.94. The number of aromatic amines is 1. The number of nitro groups is 1. The first-order valence-corrected chi connectivity index (χ1v) is 8.40. The Morgan fingerprint density at radius 1 is 0.692 bits per heavy atom. The highest BCUT2D eigenvalue weighted by atomic mass is 16.6. The van der Waals surface area contributed by atoms with E-state index in [1.54, 1.807) is 12.1 Å². The molecule has 5 aromatic rings. The van der Waals surface area contributed by atoms with Crippen molar-refractivity contribution >= 4 is 38.3 Å². The highest BCUT2D eigenvalue weighted by molar-refractivity contribution is 6.17. The summed E-state index contributed by atoms with van der Waals surface area (Å²) in [5.74, 6) is 0. The van der Waals surface area contributed by atoms with Crippen molar-refractivity contribution in [3.63, 3.8) is 0 Å². The third kappa shape index (κ3) is 2.02. The maximum Gasteiger partial charge on any atom is 0.277 e. The first-order valence-electron chi connectivity index (χ1n) is 8.40. The molecule has 0 aliphatic carbocycles. The molecule has 1 aromatic heterocycles. The van der Waals surface area contributed by atoms with Crippen molar-refractivity contribution in [2.24, 2.45) is 0 Å². The van der Waals surface area contributed by atoms with Crippen LogP contribution < -0.4 is 0 Å². The summed E-state index contributed by atoms with van der Waals surface area (Å²) in [6, 6.07) is 25.3. The number of para-hydroxylation sites is 1. The number of non-ortho nitro benzene ring substituents is 1. The van der Waals surface area contributed by atoms with Crippen LogP contribution in [-0.2, 0) is 0 Å². The van der Waals surface area contributed by atoms with Gasteiger partial charge < -0.3 is 4.98 Å². The van der Waals surface area contributed by atoms with Gasteiger partial charge in [0.25, 0.3) is 5.69 Å². The number of hydrogen-bond donors (Lipinski definition) is 1. The van der Waals surface area contributed by atoms with Crippen LogP contribution in [0, 0.1) is 10.1 Å². The molecule has 26 heavy (non-hydrogen) atoms. The minimum absolute atomic E-state index is 0.134. The molecule has 0 unspecified atom stereocenters. The predicted molar refractivity (Wildman–Crippen MR) is 105 cm³/mol. The number of nitrogens with zero attached hydrogens (tertiary/aromatic N) is 1. The molecular formula is C22H14N2O2. The van der Waals surface area contributed by atoms with Gasteiger partial charge in [-0.25, -0.2) is 0 Å². The highest BCUT2D eigenvalue weighted by Crippen LogP contribution is 2.40. The van der Waals surface area contributed by atoms with Gasteiger partial charge in [-0.05, 0) is 28.6 Å². The Hall–Kier alpha value is -3.66. The fraction of sp³-hybridized carbons (Fsp3) is 0. The van der Waals surface area contributed by atoms with Crippen LogP contribution in [0.25, 0.3) is 43.7 Å². The van der Waals surface area contributed by atoms with Gasteiger partial charge in [0.2, 0.25) is 0 Å². The van der Waals surface area contributed by atoms with Crippen LogP contribution in [0.15, 0.2) is 78.9 Å². The van der Waals surface area contributed by atoms with Gasteiger partial charge in [0, 0.05) is 27.9 Å². The van der Waals surface area contributed by atoms with E-state index in [2.05, 4.69) is 11.1 Å². The molecular weight excluding hydrogens is 324 g/mol. The van der Waals surface area contributed by atoms with E-state index in [1.165, 1.54) is 0 Å². The van der Waals surface area contributed by atoms with E-state index in [0.717, 1.165) is 38.3 Å². The van der Waals surface area contributed by atoms with E-state index in [9.17, 15) is 10.1 Å². The van der Waals surface area contributed by atoms with Gasteiger partial charge in [-0.15, -0.1) is 0 Å². The Bertz CT molecular complexity index is 1310. The fourth-order valence-electron chi connectivity index (χ4n) is 3.82. The third-order valence-corrected chi connectivity index (χ3v) is 4.90. The summed E-state index contributed by atoms with van der Waals surface area (Å²) in [4.78, 5) is 14.8. The summed E-state index contributed by atoms with van der Waals surface area (Å²) in [6.07, 6.45) is 0. The van der Waals surface area contributed by atoms with E-state index in [0.29, 0.717) is 5.39 Å². The minimum Gasteiger partial charge on any atom is -0.354 e. The normalized spacial score (nSPS) is 11.4. The number of aromatic nitrogens is 1. The van der Waals surface area contributed by atoms with Gasteiger partial charge in [-0.1, -0.05) is 60.7 Å². The molecule has 0 aliphatic heterocycles. The number of fused-ring (bicyclic) bond motifs is 4. The van der Waals surface area contributed by atoms with E-state index in [1.807, 2.05) is 60.7 Å². The molecule has 1 N–H and O–H groups in total. The maximum atomic E-state index is 11.6. The Labute approximate surface area is 148 Å². The second-order valence-electron chi connectivity index (χ2n) is 6.34.